The molecule has 20 heavy (non-hydrogen) atoms. The Morgan fingerprint density at radius 1 is 1.40 bits per heavy atom. The van der Waals surface area contributed by atoms with Crippen LogP contribution in [0.25, 0.3) is 0 Å². The van der Waals surface area contributed by atoms with E-state index in [2.05, 4.69) is 28.7 Å². The molecule has 1 aliphatic rings. The van der Waals surface area contributed by atoms with E-state index < -0.39 is 0 Å². The van der Waals surface area contributed by atoms with Gasteiger partial charge in [-0.3, -0.25) is 0 Å². The van der Waals surface area contributed by atoms with Gasteiger partial charge in [-0.05, 0) is 13.3 Å². The topological polar surface area (TPSA) is 64.3 Å². The number of nitrogens with two attached hydrogens (primary N) is 1. The van der Waals surface area contributed by atoms with Gasteiger partial charge in [0.2, 0.25) is 0 Å². The number of hydrogen-bond acceptors (Lipinski definition) is 6. The van der Waals surface area contributed by atoms with E-state index in [-0.39, 0.29) is 0 Å². The molecule has 0 aliphatic carbocycles. The van der Waals surface area contributed by atoms with Gasteiger partial charge >= 0.3 is 0 Å². The maximum atomic E-state index is 5.89. The summed E-state index contributed by atoms with van der Waals surface area (Å²) in [6.07, 6.45) is 1.14. The molecule has 0 atom stereocenters. The average Bonchev–Trinajstić information content (AvgIpc) is 2.57. The van der Waals surface area contributed by atoms with Crippen molar-refractivity contribution in [1.29, 1.82) is 0 Å². The number of hydrogen-bond donors (Lipinski definition) is 1. The first-order valence-electron chi connectivity index (χ1n) is 7.10. The summed E-state index contributed by atoms with van der Waals surface area (Å²) in [7, 11) is 0. The SMILES string of the molecule is CCOCc1nc(N)cc(N2CCSC(C)(C)CC2)n1. The van der Waals surface area contributed by atoms with E-state index in [1.165, 1.54) is 0 Å². The molecule has 1 saturated heterocycles. The van der Waals surface area contributed by atoms with Gasteiger partial charge in [0.15, 0.2) is 5.82 Å². The van der Waals surface area contributed by atoms with Crippen LogP contribution in [0.2, 0.25) is 0 Å². The average molecular weight is 296 g/mol. The molecule has 1 fully saturated rings. The van der Waals surface area contributed by atoms with E-state index >= 15 is 0 Å². The van der Waals surface area contributed by atoms with Crippen LogP contribution in [0.5, 0.6) is 0 Å². The molecule has 1 aliphatic heterocycles. The lowest BCUT2D eigenvalue weighted by molar-refractivity contribution is 0.128. The summed E-state index contributed by atoms with van der Waals surface area (Å²) in [4.78, 5) is 11.1. The molecule has 1 aromatic heterocycles. The highest BCUT2D eigenvalue weighted by atomic mass is 32.2. The van der Waals surface area contributed by atoms with Crippen molar-refractivity contribution in [1.82, 2.24) is 9.97 Å². The maximum absolute atomic E-state index is 5.89. The summed E-state index contributed by atoms with van der Waals surface area (Å²) < 4.78 is 5.71. The van der Waals surface area contributed by atoms with E-state index in [4.69, 9.17) is 10.5 Å². The first kappa shape index (κ1) is 15.4. The van der Waals surface area contributed by atoms with Gasteiger partial charge in [0.25, 0.3) is 0 Å². The minimum absolute atomic E-state index is 0.335. The number of ether oxygens (including phenoxy) is 1. The molecule has 0 unspecified atom stereocenters. The van der Waals surface area contributed by atoms with Crippen LogP contribution >= 0.6 is 11.8 Å². The van der Waals surface area contributed by atoms with E-state index in [9.17, 15) is 0 Å². The Morgan fingerprint density at radius 3 is 2.95 bits per heavy atom. The molecule has 0 radical (unpaired) electrons. The molecule has 1 aromatic rings. The number of rotatable bonds is 4. The Bertz CT molecular complexity index is 453. The number of thioether (sulfide) groups is 1. The smallest absolute Gasteiger partial charge is 0.158 e. The third kappa shape index (κ3) is 4.24. The Hall–Kier alpha value is -1.01. The second kappa shape index (κ2) is 6.63. The summed E-state index contributed by atoms with van der Waals surface area (Å²) in [5.74, 6) is 3.21. The Kier molecular flexibility index (Phi) is 5.10. The highest BCUT2D eigenvalue weighted by Crippen LogP contribution is 2.32. The lowest BCUT2D eigenvalue weighted by Gasteiger charge is -2.23. The van der Waals surface area contributed by atoms with Crippen molar-refractivity contribution in [3.63, 3.8) is 0 Å². The molecule has 112 valence electrons. The number of nitrogen functional groups attached to an aromatic ring is 1. The molecule has 0 bridgehead atoms. The number of aromatic nitrogens is 2. The fourth-order valence-corrected chi connectivity index (χ4v) is 3.27. The van der Waals surface area contributed by atoms with Gasteiger partial charge < -0.3 is 15.4 Å². The van der Waals surface area contributed by atoms with E-state index in [0.717, 1.165) is 31.1 Å². The standard InChI is InChI=1S/C14H24N4OS/c1-4-19-10-12-16-11(15)9-13(17-12)18-6-5-14(2,3)20-8-7-18/h9H,4-8,10H2,1-3H3,(H2,15,16,17). The van der Waals surface area contributed by atoms with Crippen LogP contribution in [-0.4, -0.2) is 40.2 Å². The van der Waals surface area contributed by atoms with Crippen LogP contribution in [0.4, 0.5) is 11.6 Å². The van der Waals surface area contributed by atoms with E-state index in [1.807, 2.05) is 24.8 Å². The molecule has 0 aromatic carbocycles. The molecular formula is C14H24N4OS. The van der Waals surface area contributed by atoms with Crippen molar-refractivity contribution in [2.24, 2.45) is 0 Å². The minimum Gasteiger partial charge on any atom is -0.384 e. The fourth-order valence-electron chi connectivity index (χ4n) is 2.17. The van der Waals surface area contributed by atoms with Gasteiger partial charge in [0.05, 0.1) is 0 Å². The summed E-state index contributed by atoms with van der Waals surface area (Å²) in [5, 5.41) is 0. The molecule has 0 saturated carbocycles. The second-order valence-corrected chi connectivity index (χ2v) is 7.35. The van der Waals surface area contributed by atoms with Gasteiger partial charge in [-0.2, -0.15) is 11.8 Å². The molecule has 2 heterocycles. The van der Waals surface area contributed by atoms with E-state index in [0.29, 0.717) is 29.6 Å². The number of nitrogens with zero attached hydrogens (tertiary/aromatic N) is 3. The normalized spacial score (nSPS) is 18.9. The van der Waals surface area contributed by atoms with Crippen molar-refractivity contribution in [3.8, 4) is 0 Å². The molecule has 0 spiro atoms. The lowest BCUT2D eigenvalue weighted by Crippen LogP contribution is -2.28. The molecule has 0 amide bonds. The molecule has 2 N–H and O–H groups in total. The predicted octanol–water partition coefficient (Wildman–Crippen LogP) is 2.32. The Labute approximate surface area is 125 Å². The Balaban J connectivity index is 2.13. The van der Waals surface area contributed by atoms with Crippen molar-refractivity contribution < 1.29 is 4.74 Å². The van der Waals surface area contributed by atoms with Crippen LogP contribution in [0.15, 0.2) is 6.07 Å². The van der Waals surface area contributed by atoms with Gasteiger partial charge in [-0.1, -0.05) is 13.8 Å². The maximum Gasteiger partial charge on any atom is 0.158 e. The van der Waals surface area contributed by atoms with Crippen LogP contribution in [0, 0.1) is 0 Å². The minimum atomic E-state index is 0.335. The van der Waals surface area contributed by atoms with Gasteiger partial charge in [-0.25, -0.2) is 9.97 Å². The summed E-state index contributed by atoms with van der Waals surface area (Å²) in [6.45, 7) is 9.64. The fraction of sp³-hybridized carbons (Fsp3) is 0.714. The predicted molar refractivity (Wildman–Crippen MR) is 85.1 cm³/mol. The van der Waals surface area contributed by atoms with Crippen molar-refractivity contribution in [2.45, 2.75) is 38.5 Å². The highest BCUT2D eigenvalue weighted by Gasteiger charge is 2.24. The van der Waals surface area contributed by atoms with Crippen LogP contribution in [0.1, 0.15) is 33.0 Å². The van der Waals surface area contributed by atoms with Crippen LogP contribution in [0.3, 0.4) is 0 Å². The largest absolute Gasteiger partial charge is 0.384 e. The van der Waals surface area contributed by atoms with E-state index in [1.54, 1.807) is 0 Å². The zero-order chi connectivity index (χ0) is 14.6. The Morgan fingerprint density at radius 2 is 2.20 bits per heavy atom. The van der Waals surface area contributed by atoms with Crippen molar-refractivity contribution in [2.75, 3.05) is 36.1 Å². The highest BCUT2D eigenvalue weighted by molar-refractivity contribution is 8.00. The van der Waals surface area contributed by atoms with Crippen LogP contribution in [-0.2, 0) is 11.3 Å². The summed E-state index contributed by atoms with van der Waals surface area (Å²) in [6, 6.07) is 1.86. The molecule has 5 nitrogen and oxygen atoms in total. The quantitative estimate of drug-likeness (QED) is 0.920. The van der Waals surface area contributed by atoms with Crippen molar-refractivity contribution in [3.05, 3.63) is 11.9 Å². The van der Waals surface area contributed by atoms with Gasteiger partial charge in [-0.15, -0.1) is 0 Å². The zero-order valence-electron chi connectivity index (χ0n) is 12.6. The monoisotopic (exact) mass is 296 g/mol. The second-order valence-electron chi connectivity index (χ2n) is 5.55. The first-order chi connectivity index (χ1) is 9.50. The van der Waals surface area contributed by atoms with Gasteiger partial charge in [0.1, 0.15) is 18.2 Å². The first-order valence-corrected chi connectivity index (χ1v) is 8.09. The lowest BCUT2D eigenvalue weighted by atomic mass is 10.1. The van der Waals surface area contributed by atoms with Crippen molar-refractivity contribution >= 4 is 23.4 Å². The van der Waals surface area contributed by atoms with Gasteiger partial charge in [0, 0.05) is 36.3 Å². The molecular weight excluding hydrogens is 272 g/mol. The summed E-state index contributed by atoms with van der Waals surface area (Å²) in [5.41, 5.74) is 5.89. The molecule has 2 rings (SSSR count). The zero-order valence-corrected chi connectivity index (χ0v) is 13.4. The van der Waals surface area contributed by atoms with Crippen LogP contribution < -0.4 is 10.6 Å². The summed E-state index contributed by atoms with van der Waals surface area (Å²) >= 11 is 2.02. The third-order valence-corrected chi connectivity index (χ3v) is 4.75. The third-order valence-electron chi connectivity index (χ3n) is 3.38. The molecule has 6 heteroatoms. The number of anilines is 2.